The first kappa shape index (κ1) is 11.4. The summed E-state index contributed by atoms with van der Waals surface area (Å²) < 4.78 is 0. The summed E-state index contributed by atoms with van der Waals surface area (Å²) in [5, 5.41) is 2.08. The van der Waals surface area contributed by atoms with Gasteiger partial charge in [0.05, 0.1) is 6.04 Å². The van der Waals surface area contributed by atoms with E-state index in [4.69, 9.17) is 5.73 Å². The molecule has 0 aliphatic carbocycles. The lowest BCUT2D eigenvalue weighted by atomic mass is 10.2. The number of piperazine rings is 1. The van der Waals surface area contributed by atoms with Crippen LogP contribution < -0.4 is 11.2 Å². The van der Waals surface area contributed by atoms with Gasteiger partial charge in [0.2, 0.25) is 5.91 Å². The number of nitrogens with zero attached hydrogens (tertiary/aromatic N) is 2. The molecule has 0 bridgehead atoms. The number of carbonyl (C=O) groups excluding carboxylic acids is 1. The van der Waals surface area contributed by atoms with E-state index in [0.29, 0.717) is 0 Å². The molecule has 1 amide bonds. The fraction of sp³-hybridized carbons (Fsp3) is 0.889. The maximum atomic E-state index is 11.0. The van der Waals surface area contributed by atoms with E-state index in [1.807, 2.05) is 6.92 Å². The number of primary amides is 1. The molecule has 1 unspecified atom stereocenters. The SMILES string of the molecule is CCC(NN1CCN(C)CC1)C(N)=O. The molecule has 1 saturated heterocycles. The van der Waals surface area contributed by atoms with Gasteiger partial charge in [-0.1, -0.05) is 6.92 Å². The summed E-state index contributed by atoms with van der Waals surface area (Å²) in [6.07, 6.45) is 0.738. The molecule has 14 heavy (non-hydrogen) atoms. The number of nitrogens with two attached hydrogens (primary N) is 1. The first-order valence-electron chi connectivity index (χ1n) is 5.12. The lowest BCUT2D eigenvalue weighted by Gasteiger charge is -2.34. The van der Waals surface area contributed by atoms with E-state index in [0.717, 1.165) is 32.6 Å². The van der Waals surface area contributed by atoms with Gasteiger partial charge in [0.1, 0.15) is 0 Å². The van der Waals surface area contributed by atoms with Crippen LogP contribution in [0.3, 0.4) is 0 Å². The van der Waals surface area contributed by atoms with Crippen LogP contribution in [0.4, 0.5) is 0 Å². The molecule has 0 spiro atoms. The summed E-state index contributed by atoms with van der Waals surface area (Å²) in [5.41, 5.74) is 8.41. The number of rotatable bonds is 4. The highest BCUT2D eigenvalue weighted by Gasteiger charge is 2.19. The fourth-order valence-corrected chi connectivity index (χ4v) is 1.51. The quantitative estimate of drug-likeness (QED) is 0.611. The number of carbonyl (C=O) groups is 1. The van der Waals surface area contributed by atoms with Gasteiger partial charge < -0.3 is 10.6 Å². The number of hydrogen-bond donors (Lipinski definition) is 2. The molecule has 0 aromatic rings. The summed E-state index contributed by atoms with van der Waals surface area (Å²) in [6.45, 7) is 5.91. The highest BCUT2D eigenvalue weighted by atomic mass is 16.1. The number of nitrogens with one attached hydrogen (secondary N) is 1. The molecule has 0 saturated carbocycles. The molecule has 0 aromatic heterocycles. The minimum atomic E-state index is -0.272. The van der Waals surface area contributed by atoms with E-state index < -0.39 is 0 Å². The van der Waals surface area contributed by atoms with Crippen LogP contribution in [0.15, 0.2) is 0 Å². The van der Waals surface area contributed by atoms with Crippen molar-refractivity contribution >= 4 is 5.91 Å². The molecule has 1 heterocycles. The molecular formula is C9H20N4O. The standard InChI is InChI=1S/C9H20N4O/c1-3-8(9(10)14)11-13-6-4-12(2)5-7-13/h8,11H,3-7H2,1-2H3,(H2,10,14). The second kappa shape index (κ2) is 5.29. The van der Waals surface area contributed by atoms with Gasteiger partial charge in [-0.05, 0) is 13.5 Å². The van der Waals surface area contributed by atoms with E-state index in [1.165, 1.54) is 0 Å². The van der Waals surface area contributed by atoms with Crippen LogP contribution in [0.2, 0.25) is 0 Å². The normalized spacial score (nSPS) is 22.1. The zero-order valence-corrected chi connectivity index (χ0v) is 8.99. The molecule has 0 radical (unpaired) electrons. The van der Waals surface area contributed by atoms with Crippen LogP contribution in [-0.2, 0) is 4.79 Å². The van der Waals surface area contributed by atoms with Crippen molar-refractivity contribution in [3.8, 4) is 0 Å². The number of hydrazine groups is 1. The van der Waals surface area contributed by atoms with E-state index >= 15 is 0 Å². The molecule has 82 valence electrons. The first-order chi connectivity index (χ1) is 6.63. The summed E-state index contributed by atoms with van der Waals surface area (Å²) in [5.74, 6) is -0.272. The third-order valence-electron chi connectivity index (χ3n) is 2.59. The Morgan fingerprint density at radius 3 is 2.43 bits per heavy atom. The molecule has 1 aliphatic rings. The third kappa shape index (κ3) is 3.25. The Kier molecular flexibility index (Phi) is 4.31. The van der Waals surface area contributed by atoms with Crippen LogP contribution in [0, 0.1) is 0 Å². The van der Waals surface area contributed by atoms with Crippen LogP contribution >= 0.6 is 0 Å². The summed E-state index contributed by atoms with van der Waals surface area (Å²) in [4.78, 5) is 13.3. The lowest BCUT2D eigenvalue weighted by molar-refractivity contribution is -0.121. The molecule has 5 nitrogen and oxygen atoms in total. The van der Waals surface area contributed by atoms with Gasteiger partial charge in [-0.2, -0.15) is 0 Å². The highest BCUT2D eigenvalue weighted by Crippen LogP contribution is 1.98. The molecule has 0 aromatic carbocycles. The zero-order valence-electron chi connectivity index (χ0n) is 8.99. The van der Waals surface area contributed by atoms with Gasteiger partial charge in [-0.15, -0.1) is 0 Å². The van der Waals surface area contributed by atoms with Crippen molar-refractivity contribution in [2.75, 3.05) is 33.2 Å². The van der Waals surface area contributed by atoms with Gasteiger partial charge in [0, 0.05) is 26.2 Å². The molecule has 1 rings (SSSR count). The zero-order chi connectivity index (χ0) is 10.6. The van der Waals surface area contributed by atoms with Crippen LogP contribution in [0.5, 0.6) is 0 Å². The Labute approximate surface area is 85.2 Å². The van der Waals surface area contributed by atoms with Crippen molar-refractivity contribution in [3.63, 3.8) is 0 Å². The Hall–Kier alpha value is -0.650. The average molecular weight is 200 g/mol. The number of hydrogen-bond acceptors (Lipinski definition) is 4. The van der Waals surface area contributed by atoms with Crippen molar-refractivity contribution in [1.82, 2.24) is 15.3 Å². The van der Waals surface area contributed by atoms with Crippen molar-refractivity contribution in [2.45, 2.75) is 19.4 Å². The Morgan fingerprint density at radius 1 is 1.43 bits per heavy atom. The Bertz CT molecular complexity index is 189. The molecule has 1 atom stereocenters. The number of likely N-dealkylation sites (N-methyl/N-ethyl adjacent to an activating group) is 1. The van der Waals surface area contributed by atoms with Gasteiger partial charge >= 0.3 is 0 Å². The molecular weight excluding hydrogens is 180 g/mol. The van der Waals surface area contributed by atoms with E-state index in [1.54, 1.807) is 0 Å². The third-order valence-corrected chi connectivity index (χ3v) is 2.59. The predicted molar refractivity (Wildman–Crippen MR) is 55.5 cm³/mol. The Balaban J connectivity index is 2.32. The second-order valence-electron chi connectivity index (χ2n) is 3.78. The molecule has 1 aliphatic heterocycles. The van der Waals surface area contributed by atoms with Gasteiger partial charge in [-0.25, -0.2) is 10.4 Å². The molecule has 3 N–H and O–H groups in total. The lowest BCUT2D eigenvalue weighted by Crippen LogP contribution is -2.56. The van der Waals surface area contributed by atoms with Crippen LogP contribution in [0.1, 0.15) is 13.3 Å². The second-order valence-corrected chi connectivity index (χ2v) is 3.78. The highest BCUT2D eigenvalue weighted by molar-refractivity contribution is 5.79. The molecule has 5 heteroatoms. The minimum absolute atomic E-state index is 0.224. The molecule has 1 fully saturated rings. The smallest absolute Gasteiger partial charge is 0.235 e. The predicted octanol–water partition coefficient (Wildman–Crippen LogP) is -0.998. The summed E-state index contributed by atoms with van der Waals surface area (Å²) >= 11 is 0. The van der Waals surface area contributed by atoms with Crippen LogP contribution in [0.25, 0.3) is 0 Å². The van der Waals surface area contributed by atoms with E-state index in [-0.39, 0.29) is 11.9 Å². The van der Waals surface area contributed by atoms with Crippen molar-refractivity contribution in [1.29, 1.82) is 0 Å². The van der Waals surface area contributed by atoms with Crippen molar-refractivity contribution < 1.29 is 4.79 Å². The topological polar surface area (TPSA) is 61.6 Å². The van der Waals surface area contributed by atoms with Crippen LogP contribution in [-0.4, -0.2) is 55.1 Å². The van der Waals surface area contributed by atoms with Crippen molar-refractivity contribution in [3.05, 3.63) is 0 Å². The monoisotopic (exact) mass is 200 g/mol. The number of amides is 1. The summed E-state index contributed by atoms with van der Waals surface area (Å²) in [6, 6.07) is -0.224. The van der Waals surface area contributed by atoms with E-state index in [9.17, 15) is 4.79 Å². The Morgan fingerprint density at radius 2 is 2.00 bits per heavy atom. The van der Waals surface area contributed by atoms with Gasteiger partial charge in [-0.3, -0.25) is 4.79 Å². The largest absolute Gasteiger partial charge is 0.368 e. The van der Waals surface area contributed by atoms with Gasteiger partial charge in [0.15, 0.2) is 0 Å². The maximum absolute atomic E-state index is 11.0. The first-order valence-corrected chi connectivity index (χ1v) is 5.12. The van der Waals surface area contributed by atoms with E-state index in [2.05, 4.69) is 22.4 Å². The van der Waals surface area contributed by atoms with Crippen molar-refractivity contribution in [2.24, 2.45) is 5.73 Å². The maximum Gasteiger partial charge on any atom is 0.235 e. The van der Waals surface area contributed by atoms with Gasteiger partial charge in [0.25, 0.3) is 0 Å². The fourth-order valence-electron chi connectivity index (χ4n) is 1.51. The average Bonchev–Trinajstić information content (AvgIpc) is 2.16. The summed E-state index contributed by atoms with van der Waals surface area (Å²) in [7, 11) is 2.10. The minimum Gasteiger partial charge on any atom is -0.368 e.